The van der Waals surface area contributed by atoms with E-state index in [0.29, 0.717) is 5.69 Å². The highest BCUT2D eigenvalue weighted by molar-refractivity contribution is 9.11. The van der Waals surface area contributed by atoms with Crippen molar-refractivity contribution < 1.29 is 4.79 Å². The largest absolute Gasteiger partial charge is 0.333 e. The summed E-state index contributed by atoms with van der Waals surface area (Å²) in [5.41, 5.74) is 0.438. The van der Waals surface area contributed by atoms with Crippen molar-refractivity contribution in [3.05, 3.63) is 25.6 Å². The maximum Gasteiger partial charge on any atom is 0.319 e. The number of benzene rings is 1. The lowest BCUT2D eigenvalue weighted by molar-refractivity contribution is 0.244. The van der Waals surface area contributed by atoms with Crippen LogP contribution in [-0.4, -0.2) is 11.6 Å². The Hall–Kier alpha value is -0.0700. The molecule has 0 radical (unpaired) electrons. The predicted molar refractivity (Wildman–Crippen MR) is 81.4 cm³/mol. The highest BCUT2D eigenvalue weighted by Crippen LogP contribution is 2.34. The highest BCUT2D eigenvalue weighted by atomic mass is 79.9. The number of anilines is 1. The van der Waals surface area contributed by atoms with Crippen molar-refractivity contribution in [2.45, 2.75) is 26.3 Å². The highest BCUT2D eigenvalue weighted by Gasteiger charge is 2.16. The number of rotatable bonds is 1. The Morgan fingerprint density at radius 2 is 1.59 bits per heavy atom. The zero-order valence-corrected chi connectivity index (χ0v) is 14.5. The van der Waals surface area contributed by atoms with E-state index in [0.717, 1.165) is 13.4 Å². The molecule has 1 aromatic rings. The van der Waals surface area contributed by atoms with Crippen LogP contribution in [0.5, 0.6) is 0 Å². The van der Waals surface area contributed by atoms with Crippen LogP contribution in [0.3, 0.4) is 0 Å². The number of hydrogen-bond donors (Lipinski definition) is 2. The minimum atomic E-state index is -0.265. The van der Waals surface area contributed by atoms with Gasteiger partial charge in [0.25, 0.3) is 0 Å². The summed E-state index contributed by atoms with van der Waals surface area (Å²) in [6.45, 7) is 5.79. The fraction of sp³-hybridized carbons (Fsp3) is 0.364. The summed E-state index contributed by atoms with van der Waals surface area (Å²) in [6.07, 6.45) is 0. The first-order valence-electron chi connectivity index (χ1n) is 4.93. The number of hydrogen-bond acceptors (Lipinski definition) is 1. The lowest BCUT2D eigenvalue weighted by atomic mass is 10.1. The minimum Gasteiger partial charge on any atom is -0.333 e. The third-order valence-electron chi connectivity index (χ3n) is 1.73. The van der Waals surface area contributed by atoms with Crippen molar-refractivity contribution in [1.82, 2.24) is 5.32 Å². The Labute approximate surface area is 126 Å². The molecule has 1 rings (SSSR count). The van der Waals surface area contributed by atoms with Crippen molar-refractivity contribution in [3.8, 4) is 0 Å². The van der Waals surface area contributed by atoms with Gasteiger partial charge < -0.3 is 10.6 Å². The summed E-state index contributed by atoms with van der Waals surface area (Å²) >= 11 is 10.2. The number of urea groups is 1. The molecule has 0 heterocycles. The maximum absolute atomic E-state index is 11.7. The van der Waals surface area contributed by atoms with E-state index in [4.69, 9.17) is 0 Å². The minimum absolute atomic E-state index is 0.235. The van der Waals surface area contributed by atoms with Crippen molar-refractivity contribution in [3.63, 3.8) is 0 Å². The van der Waals surface area contributed by atoms with Gasteiger partial charge in [-0.2, -0.15) is 0 Å². The molecule has 0 unspecified atom stereocenters. The molecular formula is C11H13Br3N2O. The van der Waals surface area contributed by atoms with Gasteiger partial charge in [-0.05, 0) is 64.8 Å². The molecule has 0 saturated heterocycles. The zero-order chi connectivity index (χ0) is 13.2. The van der Waals surface area contributed by atoms with Gasteiger partial charge in [0, 0.05) is 19.0 Å². The molecule has 2 amide bonds. The first-order chi connectivity index (χ1) is 7.69. The number of carbonyl (C=O) groups excluding carboxylic acids is 1. The van der Waals surface area contributed by atoms with E-state index < -0.39 is 0 Å². The lowest BCUT2D eigenvalue weighted by Gasteiger charge is -2.21. The van der Waals surface area contributed by atoms with Gasteiger partial charge in [-0.25, -0.2) is 4.79 Å². The predicted octanol–water partition coefficient (Wildman–Crippen LogP) is 4.89. The van der Waals surface area contributed by atoms with E-state index in [2.05, 4.69) is 58.4 Å². The van der Waals surface area contributed by atoms with Crippen LogP contribution in [0.1, 0.15) is 20.8 Å². The summed E-state index contributed by atoms with van der Waals surface area (Å²) in [4.78, 5) is 11.7. The van der Waals surface area contributed by atoms with Gasteiger partial charge in [-0.3, -0.25) is 0 Å². The molecule has 0 aliphatic heterocycles. The van der Waals surface area contributed by atoms with Gasteiger partial charge in [0.05, 0.1) is 5.69 Å². The zero-order valence-electron chi connectivity index (χ0n) is 9.70. The molecule has 94 valence electrons. The Morgan fingerprint density at radius 1 is 1.12 bits per heavy atom. The number of amides is 2. The first kappa shape index (κ1) is 15.0. The van der Waals surface area contributed by atoms with E-state index in [1.165, 1.54) is 0 Å². The summed E-state index contributed by atoms with van der Waals surface area (Å²) in [7, 11) is 0. The molecule has 0 saturated carbocycles. The molecule has 0 spiro atoms. The molecule has 3 nitrogen and oxygen atoms in total. The van der Waals surface area contributed by atoms with Crippen LogP contribution in [0.25, 0.3) is 0 Å². The normalized spacial score (nSPS) is 11.2. The second kappa shape index (κ2) is 5.71. The SMILES string of the molecule is CC(C)(C)NC(=O)Nc1c(Br)cc(Br)cc1Br. The van der Waals surface area contributed by atoms with Crippen LogP contribution in [0.4, 0.5) is 10.5 Å². The lowest BCUT2D eigenvalue weighted by Crippen LogP contribution is -2.43. The van der Waals surface area contributed by atoms with E-state index in [-0.39, 0.29) is 11.6 Å². The molecule has 1 aromatic carbocycles. The van der Waals surface area contributed by atoms with Crippen molar-refractivity contribution in [2.24, 2.45) is 0 Å². The molecule has 0 aromatic heterocycles. The monoisotopic (exact) mass is 426 g/mol. The van der Waals surface area contributed by atoms with Crippen molar-refractivity contribution >= 4 is 59.5 Å². The van der Waals surface area contributed by atoms with Crippen LogP contribution < -0.4 is 10.6 Å². The summed E-state index contributed by atoms with van der Waals surface area (Å²) in [5, 5.41) is 5.63. The van der Waals surface area contributed by atoms with Crippen molar-refractivity contribution in [2.75, 3.05) is 5.32 Å². The smallest absolute Gasteiger partial charge is 0.319 e. The van der Waals surface area contributed by atoms with Gasteiger partial charge in [-0.1, -0.05) is 15.9 Å². The first-order valence-corrected chi connectivity index (χ1v) is 7.30. The topological polar surface area (TPSA) is 41.1 Å². The second-order valence-corrected chi connectivity index (χ2v) is 7.20. The van der Waals surface area contributed by atoms with Crippen LogP contribution in [-0.2, 0) is 0 Å². The van der Waals surface area contributed by atoms with E-state index in [1.54, 1.807) is 0 Å². The quantitative estimate of drug-likeness (QED) is 0.656. The molecule has 0 aliphatic rings. The Morgan fingerprint density at radius 3 is 2.00 bits per heavy atom. The summed E-state index contributed by atoms with van der Waals surface area (Å²) in [5.74, 6) is 0. The van der Waals surface area contributed by atoms with Gasteiger partial charge in [0.1, 0.15) is 0 Å². The van der Waals surface area contributed by atoms with Gasteiger partial charge in [0.2, 0.25) is 0 Å². The van der Waals surface area contributed by atoms with Crippen LogP contribution in [0.15, 0.2) is 25.6 Å². The van der Waals surface area contributed by atoms with E-state index in [1.807, 2.05) is 32.9 Å². The fourth-order valence-corrected chi connectivity index (χ4v) is 3.60. The molecular weight excluding hydrogens is 416 g/mol. The van der Waals surface area contributed by atoms with Gasteiger partial charge in [0.15, 0.2) is 0 Å². The molecule has 2 N–H and O–H groups in total. The Kier molecular flexibility index (Phi) is 5.04. The molecule has 0 bridgehead atoms. The summed E-state index contributed by atoms with van der Waals surface area (Å²) in [6, 6.07) is 3.51. The van der Waals surface area contributed by atoms with E-state index >= 15 is 0 Å². The second-order valence-electron chi connectivity index (χ2n) is 4.57. The molecule has 0 fully saturated rings. The molecule has 6 heteroatoms. The van der Waals surface area contributed by atoms with Crippen LogP contribution >= 0.6 is 47.8 Å². The van der Waals surface area contributed by atoms with Crippen molar-refractivity contribution in [1.29, 1.82) is 0 Å². The Bertz CT molecular complexity index is 418. The molecule has 0 aliphatic carbocycles. The number of carbonyl (C=O) groups is 1. The third kappa shape index (κ3) is 4.97. The third-order valence-corrected chi connectivity index (χ3v) is 3.44. The molecule has 17 heavy (non-hydrogen) atoms. The Balaban J connectivity index is 2.86. The van der Waals surface area contributed by atoms with Crippen LogP contribution in [0, 0.1) is 0 Å². The molecule has 0 atom stereocenters. The summed E-state index contributed by atoms with van der Waals surface area (Å²) < 4.78 is 2.55. The maximum atomic E-state index is 11.7. The fourth-order valence-electron chi connectivity index (χ4n) is 1.15. The standard InChI is InChI=1S/C11H13Br3N2O/c1-11(2,3)16-10(17)15-9-7(13)4-6(12)5-8(9)14/h4-5H,1-3H3,(H2,15,16,17). The van der Waals surface area contributed by atoms with E-state index in [9.17, 15) is 4.79 Å². The van der Waals surface area contributed by atoms with Crippen LogP contribution in [0.2, 0.25) is 0 Å². The van der Waals surface area contributed by atoms with Gasteiger partial charge >= 0.3 is 6.03 Å². The average molecular weight is 429 g/mol. The number of halogens is 3. The average Bonchev–Trinajstić information content (AvgIpc) is 2.08. The van der Waals surface area contributed by atoms with Gasteiger partial charge in [-0.15, -0.1) is 0 Å². The number of nitrogens with one attached hydrogen (secondary N) is 2.